The van der Waals surface area contributed by atoms with E-state index in [1.165, 1.54) is 0 Å². The van der Waals surface area contributed by atoms with Crippen LogP contribution in [0.15, 0.2) is 18.2 Å². The Bertz CT molecular complexity index is 412. The molecule has 1 saturated heterocycles. The molecule has 4 nitrogen and oxygen atoms in total. The highest BCUT2D eigenvalue weighted by molar-refractivity contribution is 5.95. The Labute approximate surface area is 101 Å². The molecule has 2 rings (SSSR count). The quantitative estimate of drug-likeness (QED) is 0.769. The molecule has 0 radical (unpaired) electrons. The average Bonchev–Trinajstić information content (AvgIpc) is 2.34. The predicted molar refractivity (Wildman–Crippen MR) is 67.8 cm³/mol. The van der Waals surface area contributed by atoms with Gasteiger partial charge in [-0.05, 0) is 37.5 Å². The van der Waals surface area contributed by atoms with Crippen molar-refractivity contribution in [2.24, 2.45) is 5.92 Å². The fourth-order valence-electron chi connectivity index (χ4n) is 1.98. The smallest absolute Gasteiger partial charge is 0.229 e. The largest absolute Gasteiger partial charge is 0.397 e. The molecular weight excluding hydrogens is 216 g/mol. The number of nitrogen functional groups attached to an aromatic ring is 1. The van der Waals surface area contributed by atoms with Crippen molar-refractivity contribution in [1.29, 1.82) is 0 Å². The van der Waals surface area contributed by atoms with Crippen LogP contribution in [0.5, 0.6) is 0 Å². The first-order valence-corrected chi connectivity index (χ1v) is 5.91. The Morgan fingerprint density at radius 3 is 3.00 bits per heavy atom. The molecule has 0 saturated carbocycles. The van der Waals surface area contributed by atoms with Gasteiger partial charge in [-0.15, -0.1) is 0 Å². The van der Waals surface area contributed by atoms with E-state index < -0.39 is 0 Å². The Morgan fingerprint density at radius 1 is 1.53 bits per heavy atom. The summed E-state index contributed by atoms with van der Waals surface area (Å²) in [5.74, 6) is -0.0512. The maximum absolute atomic E-state index is 12.0. The third-order valence-corrected chi connectivity index (χ3v) is 3.00. The Balaban J connectivity index is 2.02. The third-order valence-electron chi connectivity index (χ3n) is 3.00. The molecular formula is C13H18N2O2. The number of nitrogens with two attached hydrogens (primary N) is 1. The molecule has 1 unspecified atom stereocenters. The van der Waals surface area contributed by atoms with Gasteiger partial charge in [0.1, 0.15) is 0 Å². The summed E-state index contributed by atoms with van der Waals surface area (Å²) < 4.78 is 5.30. The van der Waals surface area contributed by atoms with Crippen molar-refractivity contribution < 1.29 is 9.53 Å². The maximum atomic E-state index is 12.0. The van der Waals surface area contributed by atoms with Crippen molar-refractivity contribution in [1.82, 2.24) is 0 Å². The lowest BCUT2D eigenvalue weighted by atomic mass is 10.0. The summed E-state index contributed by atoms with van der Waals surface area (Å²) in [6, 6.07) is 5.63. The summed E-state index contributed by atoms with van der Waals surface area (Å²) in [5, 5.41) is 2.86. The van der Waals surface area contributed by atoms with Crippen LogP contribution in [0.1, 0.15) is 18.4 Å². The second-order valence-corrected chi connectivity index (χ2v) is 4.49. The number of hydrogen-bond donors (Lipinski definition) is 2. The number of nitrogens with one attached hydrogen (secondary N) is 1. The van der Waals surface area contributed by atoms with Gasteiger partial charge in [-0.3, -0.25) is 4.79 Å². The lowest BCUT2D eigenvalue weighted by Gasteiger charge is -2.21. The first-order valence-electron chi connectivity index (χ1n) is 5.91. The van der Waals surface area contributed by atoms with E-state index in [1.807, 2.05) is 25.1 Å². The summed E-state index contributed by atoms with van der Waals surface area (Å²) in [4.78, 5) is 12.0. The van der Waals surface area contributed by atoms with Crippen LogP contribution in [0, 0.1) is 12.8 Å². The summed E-state index contributed by atoms with van der Waals surface area (Å²) in [7, 11) is 0. The molecule has 1 fully saturated rings. The molecule has 0 aromatic heterocycles. The van der Waals surface area contributed by atoms with E-state index in [9.17, 15) is 4.79 Å². The van der Waals surface area contributed by atoms with Gasteiger partial charge in [-0.1, -0.05) is 6.07 Å². The molecule has 1 aliphatic rings. The third kappa shape index (κ3) is 2.97. The van der Waals surface area contributed by atoms with E-state index in [1.54, 1.807) is 0 Å². The standard InChI is InChI=1S/C13H18N2O2/c1-9-4-5-12(11(14)7-9)15-13(16)10-3-2-6-17-8-10/h4-5,7,10H,2-3,6,8,14H2,1H3,(H,15,16). The molecule has 1 aromatic rings. The van der Waals surface area contributed by atoms with Crippen LogP contribution in [-0.2, 0) is 9.53 Å². The normalized spacial score (nSPS) is 19.9. The van der Waals surface area contributed by atoms with Crippen LogP contribution in [0.3, 0.4) is 0 Å². The zero-order valence-corrected chi connectivity index (χ0v) is 10.0. The van der Waals surface area contributed by atoms with Gasteiger partial charge >= 0.3 is 0 Å². The highest BCUT2D eigenvalue weighted by Crippen LogP contribution is 2.22. The summed E-state index contributed by atoms with van der Waals surface area (Å²) in [6.45, 7) is 3.24. The molecule has 1 heterocycles. The van der Waals surface area contributed by atoms with Gasteiger partial charge in [0.2, 0.25) is 5.91 Å². The molecule has 0 bridgehead atoms. The Kier molecular flexibility index (Phi) is 3.64. The summed E-state index contributed by atoms with van der Waals surface area (Å²) >= 11 is 0. The summed E-state index contributed by atoms with van der Waals surface area (Å²) in [6.07, 6.45) is 1.83. The van der Waals surface area contributed by atoms with E-state index in [0.29, 0.717) is 18.0 Å². The summed E-state index contributed by atoms with van der Waals surface area (Å²) in [5.41, 5.74) is 8.23. The molecule has 1 aromatic carbocycles. The molecule has 1 amide bonds. The van der Waals surface area contributed by atoms with Crippen LogP contribution in [-0.4, -0.2) is 19.1 Å². The number of rotatable bonds is 2. The Hall–Kier alpha value is -1.55. The minimum atomic E-state index is -0.0514. The van der Waals surface area contributed by atoms with Crippen LogP contribution in [0.25, 0.3) is 0 Å². The van der Waals surface area contributed by atoms with Gasteiger partial charge in [0.25, 0.3) is 0 Å². The first-order chi connectivity index (χ1) is 8.16. The lowest BCUT2D eigenvalue weighted by Crippen LogP contribution is -2.30. The number of carbonyl (C=O) groups excluding carboxylic acids is 1. The zero-order valence-electron chi connectivity index (χ0n) is 10.0. The van der Waals surface area contributed by atoms with E-state index in [0.717, 1.165) is 25.0 Å². The van der Waals surface area contributed by atoms with Crippen LogP contribution < -0.4 is 11.1 Å². The SMILES string of the molecule is Cc1ccc(NC(=O)C2CCCOC2)c(N)c1. The topological polar surface area (TPSA) is 64.3 Å². The van der Waals surface area contributed by atoms with Gasteiger partial charge in [0, 0.05) is 6.61 Å². The number of benzene rings is 1. The lowest BCUT2D eigenvalue weighted by molar-refractivity contribution is -0.123. The van der Waals surface area contributed by atoms with E-state index >= 15 is 0 Å². The van der Waals surface area contributed by atoms with E-state index in [4.69, 9.17) is 10.5 Å². The first kappa shape index (κ1) is 11.9. The van der Waals surface area contributed by atoms with Gasteiger partial charge in [0.05, 0.1) is 23.9 Å². The monoisotopic (exact) mass is 234 g/mol. The number of ether oxygens (including phenoxy) is 1. The van der Waals surface area contributed by atoms with Crippen LogP contribution in [0.2, 0.25) is 0 Å². The van der Waals surface area contributed by atoms with Crippen molar-refractivity contribution in [3.05, 3.63) is 23.8 Å². The molecule has 4 heteroatoms. The number of aryl methyl sites for hydroxylation is 1. The average molecular weight is 234 g/mol. The van der Waals surface area contributed by atoms with Crippen molar-refractivity contribution >= 4 is 17.3 Å². The molecule has 1 atom stereocenters. The van der Waals surface area contributed by atoms with E-state index in [-0.39, 0.29) is 11.8 Å². The van der Waals surface area contributed by atoms with Crippen molar-refractivity contribution in [3.63, 3.8) is 0 Å². The molecule has 17 heavy (non-hydrogen) atoms. The fraction of sp³-hybridized carbons (Fsp3) is 0.462. The molecule has 92 valence electrons. The molecule has 0 aliphatic carbocycles. The number of anilines is 2. The second kappa shape index (κ2) is 5.19. The highest BCUT2D eigenvalue weighted by Gasteiger charge is 2.22. The van der Waals surface area contributed by atoms with Crippen molar-refractivity contribution in [2.45, 2.75) is 19.8 Å². The fourth-order valence-corrected chi connectivity index (χ4v) is 1.98. The van der Waals surface area contributed by atoms with E-state index in [2.05, 4.69) is 5.32 Å². The molecule has 1 aliphatic heterocycles. The minimum absolute atomic E-state index is 0.000234. The Morgan fingerprint density at radius 2 is 2.35 bits per heavy atom. The number of carbonyl (C=O) groups is 1. The second-order valence-electron chi connectivity index (χ2n) is 4.49. The molecule has 3 N–H and O–H groups in total. The highest BCUT2D eigenvalue weighted by atomic mass is 16.5. The molecule has 0 spiro atoms. The maximum Gasteiger partial charge on any atom is 0.229 e. The van der Waals surface area contributed by atoms with Gasteiger partial charge in [-0.25, -0.2) is 0 Å². The number of hydrogen-bond acceptors (Lipinski definition) is 3. The van der Waals surface area contributed by atoms with Crippen LogP contribution >= 0.6 is 0 Å². The minimum Gasteiger partial charge on any atom is -0.397 e. The van der Waals surface area contributed by atoms with Crippen molar-refractivity contribution in [2.75, 3.05) is 24.3 Å². The number of amides is 1. The van der Waals surface area contributed by atoms with Crippen molar-refractivity contribution in [3.8, 4) is 0 Å². The van der Waals surface area contributed by atoms with Gasteiger partial charge < -0.3 is 15.8 Å². The van der Waals surface area contributed by atoms with Crippen LogP contribution in [0.4, 0.5) is 11.4 Å². The van der Waals surface area contributed by atoms with Gasteiger partial charge in [0.15, 0.2) is 0 Å². The predicted octanol–water partition coefficient (Wildman–Crippen LogP) is 1.94. The van der Waals surface area contributed by atoms with Gasteiger partial charge in [-0.2, -0.15) is 0 Å². The zero-order chi connectivity index (χ0) is 12.3.